The number of aliphatic carboxylic acids is 1. The van der Waals surface area contributed by atoms with Crippen LogP contribution < -0.4 is 10.6 Å². The maximum absolute atomic E-state index is 11.9. The maximum Gasteiger partial charge on any atom is 0.306 e. The highest BCUT2D eigenvalue weighted by atomic mass is 32.1. The summed E-state index contributed by atoms with van der Waals surface area (Å²) >= 11 is 1.17. The molecule has 1 heterocycles. The molecule has 8 heteroatoms. The van der Waals surface area contributed by atoms with Gasteiger partial charge in [0.1, 0.15) is 5.69 Å². The molecule has 0 saturated heterocycles. The van der Waals surface area contributed by atoms with Gasteiger partial charge in [-0.15, -0.1) is 11.3 Å². The zero-order valence-corrected chi connectivity index (χ0v) is 11.7. The number of nitrogens with zero attached hydrogens (tertiary/aromatic N) is 1. The van der Waals surface area contributed by atoms with Gasteiger partial charge in [0, 0.05) is 18.3 Å². The Morgan fingerprint density at radius 2 is 2.15 bits per heavy atom. The minimum absolute atomic E-state index is 0.130. The van der Waals surface area contributed by atoms with E-state index in [0.29, 0.717) is 24.4 Å². The number of hydrogen-bond acceptors (Lipinski definition) is 5. The Morgan fingerprint density at radius 1 is 1.40 bits per heavy atom. The highest BCUT2D eigenvalue weighted by molar-refractivity contribution is 7.14. The fourth-order valence-corrected chi connectivity index (χ4v) is 2.92. The van der Waals surface area contributed by atoms with E-state index in [2.05, 4.69) is 15.6 Å². The lowest BCUT2D eigenvalue weighted by molar-refractivity contribution is -0.141. The van der Waals surface area contributed by atoms with E-state index < -0.39 is 5.97 Å². The molecular weight excluding hydrogens is 282 g/mol. The molecule has 0 radical (unpaired) electrons. The Morgan fingerprint density at radius 3 is 2.75 bits per heavy atom. The molecule has 1 aliphatic carbocycles. The van der Waals surface area contributed by atoms with Crippen molar-refractivity contribution in [2.24, 2.45) is 5.92 Å². The normalized spacial score (nSPS) is 21.4. The number of aromatic nitrogens is 1. The Hall–Kier alpha value is -1.96. The molecule has 0 aromatic carbocycles. The van der Waals surface area contributed by atoms with Gasteiger partial charge < -0.3 is 15.7 Å². The van der Waals surface area contributed by atoms with E-state index in [0.717, 1.165) is 0 Å². The third kappa shape index (κ3) is 3.53. The third-order valence-corrected chi connectivity index (χ3v) is 3.89. The SMILES string of the molecule is CC(=O)Nc1nc(C(=O)NC2CCC(C(=O)O)C2)cs1. The Balaban J connectivity index is 1.90. The van der Waals surface area contributed by atoms with Crippen LogP contribution in [-0.2, 0) is 9.59 Å². The first-order chi connectivity index (χ1) is 9.45. The smallest absolute Gasteiger partial charge is 0.306 e. The fourth-order valence-electron chi connectivity index (χ4n) is 2.18. The summed E-state index contributed by atoms with van der Waals surface area (Å²) < 4.78 is 0. The van der Waals surface area contributed by atoms with Gasteiger partial charge in [-0.1, -0.05) is 0 Å². The number of hydrogen-bond donors (Lipinski definition) is 3. The summed E-state index contributed by atoms with van der Waals surface area (Å²) in [7, 11) is 0. The summed E-state index contributed by atoms with van der Waals surface area (Å²) in [5, 5.41) is 16.1. The summed E-state index contributed by atoms with van der Waals surface area (Å²) in [4.78, 5) is 37.7. The van der Waals surface area contributed by atoms with Gasteiger partial charge in [0.15, 0.2) is 5.13 Å². The molecule has 0 spiro atoms. The minimum atomic E-state index is -0.816. The van der Waals surface area contributed by atoms with Crippen molar-refractivity contribution in [1.29, 1.82) is 0 Å². The minimum Gasteiger partial charge on any atom is -0.481 e. The number of thiazole rings is 1. The first-order valence-electron chi connectivity index (χ1n) is 6.22. The van der Waals surface area contributed by atoms with Gasteiger partial charge in [0.25, 0.3) is 5.91 Å². The molecule has 1 aliphatic rings. The van der Waals surface area contributed by atoms with Crippen molar-refractivity contribution in [3.8, 4) is 0 Å². The van der Waals surface area contributed by atoms with E-state index in [-0.39, 0.29) is 29.5 Å². The van der Waals surface area contributed by atoms with E-state index in [1.165, 1.54) is 18.3 Å². The Bertz CT molecular complexity index is 543. The number of anilines is 1. The second-order valence-corrected chi connectivity index (χ2v) is 5.60. The number of amides is 2. The van der Waals surface area contributed by atoms with Crippen LogP contribution in [0.5, 0.6) is 0 Å². The molecule has 2 amide bonds. The number of nitrogens with one attached hydrogen (secondary N) is 2. The number of carbonyl (C=O) groups is 3. The average molecular weight is 297 g/mol. The van der Waals surface area contributed by atoms with Gasteiger partial charge in [-0.3, -0.25) is 14.4 Å². The van der Waals surface area contributed by atoms with Crippen molar-refractivity contribution in [2.75, 3.05) is 5.32 Å². The van der Waals surface area contributed by atoms with Crippen LogP contribution in [0.1, 0.15) is 36.7 Å². The number of carbonyl (C=O) groups excluding carboxylic acids is 2. The highest BCUT2D eigenvalue weighted by Crippen LogP contribution is 2.26. The zero-order valence-electron chi connectivity index (χ0n) is 10.9. The van der Waals surface area contributed by atoms with Crippen molar-refractivity contribution < 1.29 is 19.5 Å². The van der Waals surface area contributed by atoms with E-state index in [1.807, 2.05) is 0 Å². The van der Waals surface area contributed by atoms with Gasteiger partial charge in [-0.2, -0.15) is 0 Å². The zero-order chi connectivity index (χ0) is 14.7. The molecule has 0 aliphatic heterocycles. The quantitative estimate of drug-likeness (QED) is 0.770. The van der Waals surface area contributed by atoms with Crippen LogP contribution in [-0.4, -0.2) is 33.9 Å². The predicted molar refractivity (Wildman–Crippen MR) is 72.6 cm³/mol. The van der Waals surface area contributed by atoms with Crippen molar-refractivity contribution >= 4 is 34.3 Å². The first-order valence-corrected chi connectivity index (χ1v) is 7.10. The lowest BCUT2D eigenvalue weighted by Gasteiger charge is -2.10. The van der Waals surface area contributed by atoms with E-state index in [4.69, 9.17) is 5.11 Å². The molecule has 1 aromatic heterocycles. The van der Waals surface area contributed by atoms with Crippen LogP contribution in [0.4, 0.5) is 5.13 Å². The lowest BCUT2D eigenvalue weighted by atomic mass is 10.1. The Labute approximate surface area is 119 Å². The van der Waals surface area contributed by atoms with Crippen LogP contribution in [0.15, 0.2) is 5.38 Å². The third-order valence-electron chi connectivity index (χ3n) is 3.14. The van der Waals surface area contributed by atoms with Crippen LogP contribution in [0.2, 0.25) is 0 Å². The molecule has 20 heavy (non-hydrogen) atoms. The van der Waals surface area contributed by atoms with Gasteiger partial charge in [-0.25, -0.2) is 4.98 Å². The molecule has 1 saturated carbocycles. The topological polar surface area (TPSA) is 108 Å². The molecule has 1 fully saturated rings. The van der Waals surface area contributed by atoms with Gasteiger partial charge >= 0.3 is 5.97 Å². The van der Waals surface area contributed by atoms with E-state index in [9.17, 15) is 14.4 Å². The van der Waals surface area contributed by atoms with Gasteiger partial charge in [0.2, 0.25) is 5.91 Å². The number of carboxylic acid groups (broad SMARTS) is 1. The van der Waals surface area contributed by atoms with Crippen molar-refractivity contribution in [1.82, 2.24) is 10.3 Å². The van der Waals surface area contributed by atoms with Crippen LogP contribution >= 0.6 is 11.3 Å². The fraction of sp³-hybridized carbons (Fsp3) is 0.500. The molecule has 3 N–H and O–H groups in total. The summed E-state index contributed by atoms with van der Waals surface area (Å²) in [5.74, 6) is -1.78. The summed E-state index contributed by atoms with van der Waals surface area (Å²) in [6.07, 6.45) is 1.68. The molecule has 2 unspecified atom stereocenters. The number of carboxylic acids is 1. The van der Waals surface area contributed by atoms with Crippen molar-refractivity contribution in [2.45, 2.75) is 32.2 Å². The Kier molecular flexibility index (Phi) is 4.33. The second-order valence-electron chi connectivity index (χ2n) is 4.74. The molecular formula is C12H15N3O4S. The number of rotatable bonds is 4. The predicted octanol–water partition coefficient (Wildman–Crippen LogP) is 1.08. The summed E-state index contributed by atoms with van der Waals surface area (Å²) in [6.45, 7) is 1.37. The summed E-state index contributed by atoms with van der Waals surface area (Å²) in [6, 6.07) is -0.130. The first kappa shape index (κ1) is 14.4. The average Bonchev–Trinajstić information content (AvgIpc) is 2.97. The van der Waals surface area contributed by atoms with E-state index >= 15 is 0 Å². The molecule has 2 rings (SSSR count). The van der Waals surface area contributed by atoms with E-state index in [1.54, 1.807) is 5.38 Å². The van der Waals surface area contributed by atoms with Gasteiger partial charge in [0.05, 0.1) is 5.92 Å². The highest BCUT2D eigenvalue weighted by Gasteiger charge is 2.31. The maximum atomic E-state index is 11.9. The molecule has 2 atom stereocenters. The van der Waals surface area contributed by atoms with Crippen LogP contribution in [0, 0.1) is 5.92 Å². The summed E-state index contributed by atoms with van der Waals surface area (Å²) in [5.41, 5.74) is 0.234. The molecule has 1 aromatic rings. The van der Waals surface area contributed by atoms with Crippen molar-refractivity contribution in [3.05, 3.63) is 11.1 Å². The van der Waals surface area contributed by atoms with Crippen molar-refractivity contribution in [3.63, 3.8) is 0 Å². The van der Waals surface area contributed by atoms with Crippen LogP contribution in [0.25, 0.3) is 0 Å². The largest absolute Gasteiger partial charge is 0.481 e. The van der Waals surface area contributed by atoms with Crippen LogP contribution in [0.3, 0.4) is 0 Å². The molecule has 0 bridgehead atoms. The molecule has 7 nitrogen and oxygen atoms in total. The molecule has 108 valence electrons. The monoisotopic (exact) mass is 297 g/mol. The lowest BCUT2D eigenvalue weighted by Crippen LogP contribution is -2.33. The van der Waals surface area contributed by atoms with Gasteiger partial charge in [-0.05, 0) is 19.3 Å². The standard InChI is InChI=1S/C12H15N3O4S/c1-6(16)13-12-15-9(5-20-12)10(17)14-8-3-2-7(4-8)11(18)19/h5,7-8H,2-4H2,1H3,(H,14,17)(H,18,19)(H,13,15,16). The second kappa shape index (κ2) is 6.00.